The van der Waals surface area contributed by atoms with Gasteiger partial charge in [-0.3, -0.25) is 4.90 Å². The molecule has 2 N–H and O–H groups in total. The second-order valence-corrected chi connectivity index (χ2v) is 4.45. The van der Waals surface area contributed by atoms with Crippen LogP contribution in [0.5, 0.6) is 5.75 Å². The summed E-state index contributed by atoms with van der Waals surface area (Å²) < 4.78 is 5.26. The summed E-state index contributed by atoms with van der Waals surface area (Å²) in [4.78, 5) is 2.33. The summed E-state index contributed by atoms with van der Waals surface area (Å²) in [5, 5.41) is 0. The molecule has 96 valence electrons. The van der Waals surface area contributed by atoms with Gasteiger partial charge in [0.15, 0.2) is 0 Å². The Kier molecular flexibility index (Phi) is 5.45. The lowest BCUT2D eigenvalue weighted by molar-refractivity contribution is 0.184. The van der Waals surface area contributed by atoms with E-state index in [1.807, 2.05) is 12.1 Å². The van der Waals surface area contributed by atoms with Crippen molar-refractivity contribution in [3.8, 4) is 5.75 Å². The van der Waals surface area contributed by atoms with E-state index in [4.69, 9.17) is 10.5 Å². The molecule has 1 aromatic rings. The number of likely N-dealkylation sites (N-methyl/N-ethyl adjacent to an activating group) is 1. The van der Waals surface area contributed by atoms with E-state index in [0.717, 1.165) is 12.2 Å². The van der Waals surface area contributed by atoms with E-state index in [1.54, 1.807) is 7.11 Å². The summed E-state index contributed by atoms with van der Waals surface area (Å²) >= 11 is 0. The van der Waals surface area contributed by atoms with Crippen molar-refractivity contribution >= 4 is 0 Å². The number of nitrogens with zero attached hydrogens (tertiary/aromatic N) is 1. The number of hydrogen-bond acceptors (Lipinski definition) is 3. The van der Waals surface area contributed by atoms with Gasteiger partial charge in [-0.05, 0) is 38.1 Å². The molecule has 0 bridgehead atoms. The van der Waals surface area contributed by atoms with E-state index < -0.39 is 0 Å². The van der Waals surface area contributed by atoms with Gasteiger partial charge in [0.2, 0.25) is 0 Å². The molecule has 0 aromatic heterocycles. The Morgan fingerprint density at radius 3 is 2.65 bits per heavy atom. The summed E-state index contributed by atoms with van der Waals surface area (Å²) in [6.45, 7) is 5.04. The number of rotatable bonds is 6. The first kappa shape index (κ1) is 14.0. The molecule has 0 heterocycles. The van der Waals surface area contributed by atoms with Crippen LogP contribution in [-0.4, -0.2) is 31.6 Å². The first-order chi connectivity index (χ1) is 8.13. The lowest BCUT2D eigenvalue weighted by Gasteiger charge is -2.32. The molecule has 3 heteroatoms. The zero-order chi connectivity index (χ0) is 12.8. The Balaban J connectivity index is 2.92. The monoisotopic (exact) mass is 236 g/mol. The van der Waals surface area contributed by atoms with E-state index in [2.05, 4.69) is 37.9 Å². The molecule has 3 nitrogen and oxygen atoms in total. The maximum atomic E-state index is 5.91. The predicted octanol–water partition coefficient (Wildman–Crippen LogP) is 2.43. The Morgan fingerprint density at radius 1 is 1.41 bits per heavy atom. The summed E-state index contributed by atoms with van der Waals surface area (Å²) in [5.41, 5.74) is 7.12. The van der Waals surface area contributed by atoms with Crippen molar-refractivity contribution in [2.24, 2.45) is 5.73 Å². The summed E-state index contributed by atoms with van der Waals surface area (Å²) in [5.74, 6) is 0.888. The molecule has 0 aliphatic rings. The summed E-state index contributed by atoms with van der Waals surface area (Å²) in [6, 6.07) is 8.92. The molecule has 0 amide bonds. The van der Waals surface area contributed by atoms with Crippen LogP contribution < -0.4 is 10.5 Å². The van der Waals surface area contributed by atoms with Gasteiger partial charge in [0.1, 0.15) is 5.75 Å². The van der Waals surface area contributed by atoms with Crippen LogP contribution in [0.4, 0.5) is 0 Å². The van der Waals surface area contributed by atoms with Gasteiger partial charge >= 0.3 is 0 Å². The third kappa shape index (κ3) is 3.45. The highest BCUT2D eigenvalue weighted by Gasteiger charge is 2.19. The number of hydrogen-bond donors (Lipinski definition) is 1. The van der Waals surface area contributed by atoms with Crippen molar-refractivity contribution in [2.75, 3.05) is 20.7 Å². The molecular weight excluding hydrogens is 212 g/mol. The average Bonchev–Trinajstić information content (AvgIpc) is 2.38. The molecule has 1 aromatic carbocycles. The first-order valence-electron chi connectivity index (χ1n) is 6.20. The molecule has 0 radical (unpaired) electrons. The van der Waals surface area contributed by atoms with Crippen LogP contribution in [-0.2, 0) is 0 Å². The average molecular weight is 236 g/mol. The molecule has 0 spiro atoms. The maximum Gasteiger partial charge on any atom is 0.119 e. The van der Waals surface area contributed by atoms with Gasteiger partial charge < -0.3 is 10.5 Å². The highest BCUT2D eigenvalue weighted by Crippen LogP contribution is 2.24. The molecule has 0 saturated heterocycles. The third-order valence-electron chi connectivity index (χ3n) is 3.48. The molecule has 0 aliphatic heterocycles. The second-order valence-electron chi connectivity index (χ2n) is 4.45. The minimum atomic E-state index is 0.250. The predicted molar refractivity (Wildman–Crippen MR) is 72.3 cm³/mol. The molecule has 17 heavy (non-hydrogen) atoms. The van der Waals surface area contributed by atoms with Crippen LogP contribution in [0.25, 0.3) is 0 Å². The third-order valence-corrected chi connectivity index (χ3v) is 3.48. The highest BCUT2D eigenvalue weighted by atomic mass is 16.5. The SMILES string of the molecule is CCC(C)N(C)C(CN)c1cccc(OC)c1. The molecule has 0 aliphatic carbocycles. The van der Waals surface area contributed by atoms with Crippen molar-refractivity contribution in [2.45, 2.75) is 32.4 Å². The standard InChI is InChI=1S/C14H24N2O/c1-5-11(2)16(3)14(10-15)12-7-6-8-13(9-12)17-4/h6-9,11,14H,5,10,15H2,1-4H3. The Morgan fingerprint density at radius 2 is 2.12 bits per heavy atom. The Hall–Kier alpha value is -1.06. The lowest BCUT2D eigenvalue weighted by Crippen LogP contribution is -2.36. The van der Waals surface area contributed by atoms with Gasteiger partial charge in [-0.2, -0.15) is 0 Å². The summed E-state index contributed by atoms with van der Waals surface area (Å²) in [7, 11) is 3.82. The van der Waals surface area contributed by atoms with Crippen LogP contribution in [0.3, 0.4) is 0 Å². The number of ether oxygens (including phenoxy) is 1. The Bertz CT molecular complexity index is 341. The normalized spacial score (nSPS) is 14.7. The second kappa shape index (κ2) is 6.62. The maximum absolute atomic E-state index is 5.91. The molecule has 0 saturated carbocycles. The fourth-order valence-corrected chi connectivity index (χ4v) is 1.98. The quantitative estimate of drug-likeness (QED) is 0.824. The highest BCUT2D eigenvalue weighted by molar-refractivity contribution is 5.30. The molecular formula is C14H24N2O. The smallest absolute Gasteiger partial charge is 0.119 e. The van der Waals surface area contributed by atoms with Crippen molar-refractivity contribution in [3.63, 3.8) is 0 Å². The molecule has 1 rings (SSSR count). The van der Waals surface area contributed by atoms with E-state index in [9.17, 15) is 0 Å². The number of methoxy groups -OCH3 is 1. The van der Waals surface area contributed by atoms with E-state index >= 15 is 0 Å². The van der Waals surface area contributed by atoms with Gasteiger partial charge in [0.25, 0.3) is 0 Å². The lowest BCUT2D eigenvalue weighted by atomic mass is 10.0. The first-order valence-corrected chi connectivity index (χ1v) is 6.20. The van der Waals surface area contributed by atoms with E-state index in [1.165, 1.54) is 5.56 Å². The van der Waals surface area contributed by atoms with Gasteiger partial charge in [-0.25, -0.2) is 0 Å². The number of benzene rings is 1. The molecule has 2 atom stereocenters. The van der Waals surface area contributed by atoms with Gasteiger partial charge in [-0.1, -0.05) is 19.1 Å². The summed E-state index contributed by atoms with van der Waals surface area (Å²) in [6.07, 6.45) is 1.12. The van der Waals surface area contributed by atoms with Crippen LogP contribution in [0.1, 0.15) is 31.9 Å². The van der Waals surface area contributed by atoms with E-state index in [0.29, 0.717) is 12.6 Å². The van der Waals surface area contributed by atoms with E-state index in [-0.39, 0.29) is 6.04 Å². The van der Waals surface area contributed by atoms with Crippen LogP contribution in [0, 0.1) is 0 Å². The fraction of sp³-hybridized carbons (Fsp3) is 0.571. The largest absolute Gasteiger partial charge is 0.497 e. The van der Waals surface area contributed by atoms with Crippen molar-refractivity contribution in [1.29, 1.82) is 0 Å². The van der Waals surface area contributed by atoms with Crippen LogP contribution in [0.15, 0.2) is 24.3 Å². The van der Waals surface area contributed by atoms with Crippen molar-refractivity contribution < 1.29 is 4.74 Å². The topological polar surface area (TPSA) is 38.5 Å². The van der Waals surface area contributed by atoms with Gasteiger partial charge in [0, 0.05) is 18.6 Å². The van der Waals surface area contributed by atoms with Crippen molar-refractivity contribution in [1.82, 2.24) is 4.90 Å². The molecule has 0 fully saturated rings. The fourth-order valence-electron chi connectivity index (χ4n) is 1.98. The van der Waals surface area contributed by atoms with Crippen molar-refractivity contribution in [3.05, 3.63) is 29.8 Å². The number of nitrogens with two attached hydrogens (primary N) is 1. The Labute approximate surface area is 105 Å². The van der Waals surface area contributed by atoms with Crippen LogP contribution in [0.2, 0.25) is 0 Å². The zero-order valence-corrected chi connectivity index (χ0v) is 11.3. The molecule has 2 unspecified atom stereocenters. The van der Waals surface area contributed by atoms with Gasteiger partial charge in [-0.15, -0.1) is 0 Å². The van der Waals surface area contributed by atoms with Gasteiger partial charge in [0.05, 0.1) is 7.11 Å². The minimum absolute atomic E-state index is 0.250. The zero-order valence-electron chi connectivity index (χ0n) is 11.3. The minimum Gasteiger partial charge on any atom is -0.497 e. The van der Waals surface area contributed by atoms with Crippen LogP contribution >= 0.6 is 0 Å².